The Labute approximate surface area is 199 Å². The lowest BCUT2D eigenvalue weighted by molar-refractivity contribution is 0.0472. The quantitative estimate of drug-likeness (QED) is 0.548. The molecule has 0 radical (unpaired) electrons. The Morgan fingerprint density at radius 1 is 1.29 bits per heavy atom. The largest absolute Gasteiger partial charge is 0.492 e. The third-order valence-electron chi connectivity index (χ3n) is 6.96. The molecule has 34 heavy (non-hydrogen) atoms. The number of fused-ring (bicyclic) bond motifs is 3. The monoisotopic (exact) mass is 490 g/mol. The fraction of sp³-hybridized carbons (Fsp3) is 0.458. The molecule has 10 heteroatoms. The van der Waals surface area contributed by atoms with E-state index in [4.69, 9.17) is 9.47 Å². The van der Waals surface area contributed by atoms with E-state index in [1.807, 2.05) is 0 Å². The Morgan fingerprint density at radius 3 is 2.79 bits per heavy atom. The molecule has 2 aromatic carbocycles. The number of aromatic carboxylic acids is 1. The van der Waals surface area contributed by atoms with E-state index in [2.05, 4.69) is 11.8 Å². The van der Waals surface area contributed by atoms with Gasteiger partial charge < -0.3 is 19.5 Å². The van der Waals surface area contributed by atoms with E-state index in [1.54, 1.807) is 6.07 Å². The van der Waals surface area contributed by atoms with Crippen molar-refractivity contribution in [2.45, 2.75) is 38.4 Å². The Kier molecular flexibility index (Phi) is 6.22. The first kappa shape index (κ1) is 23.1. The molecule has 1 aliphatic carbocycles. The van der Waals surface area contributed by atoms with Gasteiger partial charge in [0, 0.05) is 24.6 Å². The van der Waals surface area contributed by atoms with Crippen LogP contribution in [0.4, 0.5) is 15.8 Å². The molecule has 3 atom stereocenters. The number of nitrogens with zero attached hydrogens (tertiary/aromatic N) is 2. The fourth-order valence-corrected chi connectivity index (χ4v) is 5.75. The number of carboxylic acids is 1. The summed E-state index contributed by atoms with van der Waals surface area (Å²) < 4.78 is 51.8. The van der Waals surface area contributed by atoms with Gasteiger partial charge in [0.1, 0.15) is 17.1 Å². The van der Waals surface area contributed by atoms with E-state index in [0.717, 1.165) is 48.4 Å². The highest BCUT2D eigenvalue weighted by Crippen LogP contribution is 2.56. The predicted octanol–water partition coefficient (Wildman–Crippen LogP) is 3.30. The van der Waals surface area contributed by atoms with E-state index in [0.29, 0.717) is 18.1 Å². The van der Waals surface area contributed by atoms with Crippen LogP contribution in [0.5, 0.6) is 5.75 Å². The van der Waals surface area contributed by atoms with Gasteiger partial charge in [-0.25, -0.2) is 21.9 Å². The van der Waals surface area contributed by atoms with Crippen molar-refractivity contribution in [1.29, 1.82) is 0 Å². The van der Waals surface area contributed by atoms with Crippen LogP contribution in [0.25, 0.3) is 0 Å². The molecule has 2 heterocycles. The number of thiol groups is 1. The van der Waals surface area contributed by atoms with E-state index < -0.39 is 22.7 Å². The van der Waals surface area contributed by atoms with Gasteiger partial charge in [-0.05, 0) is 55.1 Å². The summed E-state index contributed by atoms with van der Waals surface area (Å²) in [5.41, 5.74) is 1.04. The van der Waals surface area contributed by atoms with Crippen molar-refractivity contribution in [2.75, 3.05) is 30.5 Å². The molecule has 182 valence electrons. The van der Waals surface area contributed by atoms with Gasteiger partial charge in [0.2, 0.25) is 10.9 Å². The smallest absolute Gasteiger partial charge is 0.341 e. The number of halogens is 1. The lowest BCUT2D eigenvalue weighted by Crippen LogP contribution is -2.24. The lowest BCUT2D eigenvalue weighted by Gasteiger charge is -2.26. The highest BCUT2D eigenvalue weighted by molar-refractivity contribution is 7.74. The van der Waals surface area contributed by atoms with Crippen LogP contribution in [0.2, 0.25) is 0 Å². The Hall–Kier alpha value is -2.69. The zero-order valence-corrected chi connectivity index (χ0v) is 19.7. The Bertz CT molecular complexity index is 1190. The lowest BCUT2D eigenvalue weighted by atomic mass is 9.99. The Balaban J connectivity index is 1.53. The van der Waals surface area contributed by atoms with Crippen molar-refractivity contribution in [2.24, 2.45) is 5.92 Å². The van der Waals surface area contributed by atoms with Crippen LogP contribution in [0, 0.1) is 11.7 Å². The molecule has 0 bridgehead atoms. The van der Waals surface area contributed by atoms with E-state index in [1.165, 1.54) is 18.2 Å². The maximum atomic E-state index is 14.2. The minimum atomic E-state index is -3.30. The molecule has 1 N–H and O–H groups in total. The molecule has 3 aliphatic rings. The molecular formula is C24H27FN2O6S. The van der Waals surface area contributed by atoms with Crippen molar-refractivity contribution in [1.82, 2.24) is 4.90 Å². The first-order valence-corrected chi connectivity index (χ1v) is 12.6. The average molecular weight is 491 g/mol. The zero-order valence-electron chi connectivity index (χ0n) is 18.8. The number of anilines is 2. The number of hydrogen-bond acceptors (Lipinski definition) is 6. The standard InChI is InChI=1S/C24H27FN2O6S/c1-2-26-8-7-17(11-26)32-13-15-9-16(25)3-5-20(15)27(34(30)31)21-6-4-18-19-10-14(19)12-33-23(18)22(21)24(28)29/h3-6,9,14,17,19,34H,2,7-8,10-13H2,1H3,(H,28,29)/t14-,17+,19-/m0/s1. The van der Waals surface area contributed by atoms with Crippen LogP contribution in [0.15, 0.2) is 30.3 Å². The van der Waals surface area contributed by atoms with E-state index in [9.17, 15) is 22.7 Å². The van der Waals surface area contributed by atoms with Crippen LogP contribution < -0.4 is 9.04 Å². The molecular weight excluding hydrogens is 463 g/mol. The van der Waals surface area contributed by atoms with Crippen molar-refractivity contribution in [3.63, 3.8) is 0 Å². The second-order valence-corrected chi connectivity index (χ2v) is 9.91. The number of ether oxygens (including phenoxy) is 2. The Morgan fingerprint density at radius 2 is 2.09 bits per heavy atom. The number of benzene rings is 2. The molecule has 0 unspecified atom stereocenters. The highest BCUT2D eigenvalue weighted by Gasteiger charge is 2.45. The normalized spacial score (nSPS) is 23.3. The number of hydrogen-bond donors (Lipinski definition) is 2. The highest BCUT2D eigenvalue weighted by atomic mass is 32.2. The van der Waals surface area contributed by atoms with Crippen LogP contribution in [0.1, 0.15) is 47.2 Å². The van der Waals surface area contributed by atoms with Crippen LogP contribution >= 0.6 is 0 Å². The van der Waals surface area contributed by atoms with Gasteiger partial charge in [-0.2, -0.15) is 0 Å². The maximum Gasteiger partial charge on any atom is 0.341 e. The number of likely N-dealkylation sites (tertiary alicyclic amines) is 1. The summed E-state index contributed by atoms with van der Waals surface area (Å²) in [5, 5.41) is 10.0. The van der Waals surface area contributed by atoms with E-state index >= 15 is 0 Å². The molecule has 1 saturated heterocycles. The molecule has 0 spiro atoms. The van der Waals surface area contributed by atoms with Gasteiger partial charge in [0.15, 0.2) is 0 Å². The SMILES string of the molecule is CCN1CC[C@@H](OCc2cc(F)ccc2N(c2ccc3c(c2C(=O)O)OC[C@@H]2C[C@H]32)[SH](=O)=O)C1. The van der Waals surface area contributed by atoms with Gasteiger partial charge in [-0.15, -0.1) is 0 Å². The summed E-state index contributed by atoms with van der Waals surface area (Å²) in [5.74, 6) is -0.965. The van der Waals surface area contributed by atoms with Gasteiger partial charge in [-0.1, -0.05) is 13.0 Å². The van der Waals surface area contributed by atoms with Gasteiger partial charge >= 0.3 is 5.97 Å². The molecule has 2 fully saturated rings. The van der Waals surface area contributed by atoms with Crippen LogP contribution in [-0.4, -0.2) is 56.7 Å². The van der Waals surface area contributed by atoms with Crippen molar-refractivity contribution < 1.29 is 32.2 Å². The summed E-state index contributed by atoms with van der Waals surface area (Å²) in [6, 6.07) is 6.97. The van der Waals surface area contributed by atoms with Crippen molar-refractivity contribution >= 4 is 28.2 Å². The van der Waals surface area contributed by atoms with Crippen molar-refractivity contribution in [3.8, 4) is 5.75 Å². The first-order valence-electron chi connectivity index (χ1n) is 11.5. The van der Waals surface area contributed by atoms with Gasteiger partial charge in [0.05, 0.1) is 30.7 Å². The van der Waals surface area contributed by atoms with Crippen LogP contribution in [-0.2, 0) is 22.2 Å². The minimum Gasteiger partial charge on any atom is -0.492 e. The molecule has 8 nitrogen and oxygen atoms in total. The molecule has 2 aromatic rings. The molecule has 1 saturated carbocycles. The topological polar surface area (TPSA) is 96.4 Å². The number of carboxylic acid groups (broad SMARTS) is 1. The molecule has 0 amide bonds. The second-order valence-electron chi connectivity index (χ2n) is 9.03. The number of carbonyl (C=O) groups is 1. The molecule has 2 aliphatic heterocycles. The minimum absolute atomic E-state index is 0.00257. The second kappa shape index (κ2) is 9.16. The summed E-state index contributed by atoms with van der Waals surface area (Å²) in [6.07, 6.45) is 1.73. The number of rotatable bonds is 8. The predicted molar refractivity (Wildman–Crippen MR) is 124 cm³/mol. The maximum absolute atomic E-state index is 14.2. The summed E-state index contributed by atoms with van der Waals surface area (Å²) >= 11 is 0. The molecule has 0 aromatic heterocycles. The molecule has 5 rings (SSSR count). The summed E-state index contributed by atoms with van der Waals surface area (Å²) in [7, 11) is -3.30. The van der Waals surface area contributed by atoms with Gasteiger partial charge in [-0.3, -0.25) is 0 Å². The third kappa shape index (κ3) is 4.25. The summed E-state index contributed by atoms with van der Waals surface area (Å²) in [4.78, 5) is 14.5. The van der Waals surface area contributed by atoms with E-state index in [-0.39, 0.29) is 41.3 Å². The number of likely N-dealkylation sites (N-methyl/N-ethyl adjacent to an activating group) is 1. The van der Waals surface area contributed by atoms with Crippen LogP contribution in [0.3, 0.4) is 0 Å². The first-order chi connectivity index (χ1) is 16.4. The van der Waals surface area contributed by atoms with Crippen molar-refractivity contribution in [3.05, 3.63) is 52.8 Å². The summed E-state index contributed by atoms with van der Waals surface area (Å²) in [6.45, 7) is 5.07. The van der Waals surface area contributed by atoms with Gasteiger partial charge in [0.25, 0.3) is 0 Å². The fourth-order valence-electron chi connectivity index (χ4n) is 5.03. The zero-order chi connectivity index (χ0) is 24.0. The third-order valence-corrected chi connectivity index (χ3v) is 7.71. The average Bonchev–Trinajstić information content (AvgIpc) is 3.47.